The van der Waals surface area contributed by atoms with Crippen LogP contribution in [0.4, 0.5) is 0 Å². The molecular formula is C19H21N3. The first kappa shape index (κ1) is 13.5. The van der Waals surface area contributed by atoms with Crippen molar-refractivity contribution in [3.8, 4) is 11.1 Å². The average molecular weight is 291 g/mol. The van der Waals surface area contributed by atoms with Crippen molar-refractivity contribution in [3.63, 3.8) is 0 Å². The molecule has 1 aliphatic carbocycles. The van der Waals surface area contributed by atoms with Crippen molar-refractivity contribution in [2.45, 2.75) is 31.6 Å². The van der Waals surface area contributed by atoms with Crippen LogP contribution in [0.2, 0.25) is 0 Å². The smallest absolute Gasteiger partial charge is 0.137 e. The molecule has 3 heteroatoms. The molecular weight excluding hydrogens is 270 g/mol. The fourth-order valence-electron chi connectivity index (χ4n) is 3.30. The number of aromatic nitrogens is 2. The van der Waals surface area contributed by atoms with Crippen molar-refractivity contribution in [1.82, 2.24) is 9.97 Å². The number of hydrogen-bond donors (Lipinski definition) is 2. The fraction of sp³-hybridized carbons (Fsp3) is 0.316. The van der Waals surface area contributed by atoms with Crippen molar-refractivity contribution in [2.75, 3.05) is 6.54 Å². The normalized spacial score (nSPS) is 16.1. The SMILES string of the molecule is CCc1c[nH]c2ncc(-c3cccc(C4(CN)CC4)c3)cc12. The van der Waals surface area contributed by atoms with Crippen LogP contribution in [0.25, 0.3) is 22.2 Å². The molecule has 4 rings (SSSR count). The minimum absolute atomic E-state index is 0.232. The Balaban J connectivity index is 1.80. The quantitative estimate of drug-likeness (QED) is 0.768. The van der Waals surface area contributed by atoms with Gasteiger partial charge < -0.3 is 10.7 Å². The molecule has 0 unspecified atom stereocenters. The molecule has 3 N–H and O–H groups in total. The first-order valence-corrected chi connectivity index (χ1v) is 8.03. The van der Waals surface area contributed by atoms with Crippen molar-refractivity contribution in [1.29, 1.82) is 0 Å². The van der Waals surface area contributed by atoms with Gasteiger partial charge in [0.05, 0.1) is 0 Å². The van der Waals surface area contributed by atoms with Crippen LogP contribution in [0, 0.1) is 0 Å². The number of nitrogens with two attached hydrogens (primary N) is 1. The van der Waals surface area contributed by atoms with E-state index in [1.165, 1.54) is 40.5 Å². The standard InChI is InChI=1S/C19H21N3/c1-2-13-10-21-18-17(13)9-15(11-22-18)14-4-3-5-16(8-14)19(12-20)6-7-19/h3-5,8-11H,2,6-7,12,20H2,1H3,(H,21,22). The largest absolute Gasteiger partial charge is 0.346 e. The number of nitrogens with zero attached hydrogens (tertiary/aromatic N) is 1. The van der Waals surface area contributed by atoms with E-state index in [1.807, 2.05) is 6.20 Å². The van der Waals surface area contributed by atoms with Crippen LogP contribution < -0.4 is 5.73 Å². The van der Waals surface area contributed by atoms with E-state index in [-0.39, 0.29) is 5.41 Å². The molecule has 0 bridgehead atoms. The molecule has 3 aromatic rings. The van der Waals surface area contributed by atoms with Gasteiger partial charge in [0, 0.05) is 35.3 Å². The molecule has 0 amide bonds. The van der Waals surface area contributed by atoms with Crippen LogP contribution >= 0.6 is 0 Å². The monoisotopic (exact) mass is 291 g/mol. The van der Waals surface area contributed by atoms with Crippen LogP contribution in [0.5, 0.6) is 0 Å². The molecule has 0 radical (unpaired) electrons. The molecule has 0 aliphatic heterocycles. The third kappa shape index (κ3) is 2.04. The molecule has 1 aromatic carbocycles. The van der Waals surface area contributed by atoms with Gasteiger partial charge in [-0.25, -0.2) is 4.98 Å². The van der Waals surface area contributed by atoms with E-state index in [4.69, 9.17) is 5.73 Å². The van der Waals surface area contributed by atoms with Crippen LogP contribution in [0.3, 0.4) is 0 Å². The second kappa shape index (κ2) is 4.96. The highest BCUT2D eigenvalue weighted by Gasteiger charge is 2.42. The summed E-state index contributed by atoms with van der Waals surface area (Å²) < 4.78 is 0. The average Bonchev–Trinajstić information content (AvgIpc) is 3.28. The van der Waals surface area contributed by atoms with Crippen molar-refractivity contribution >= 4 is 11.0 Å². The summed E-state index contributed by atoms with van der Waals surface area (Å²) in [6.07, 6.45) is 7.45. The Morgan fingerprint density at radius 2 is 2.09 bits per heavy atom. The van der Waals surface area contributed by atoms with Gasteiger partial charge >= 0.3 is 0 Å². The zero-order chi connectivity index (χ0) is 15.2. The number of rotatable bonds is 4. The molecule has 0 saturated heterocycles. The Labute approximate surface area is 130 Å². The summed E-state index contributed by atoms with van der Waals surface area (Å²) >= 11 is 0. The number of benzene rings is 1. The highest BCUT2D eigenvalue weighted by Crippen LogP contribution is 2.47. The lowest BCUT2D eigenvalue weighted by atomic mass is 9.93. The number of aromatic amines is 1. The summed E-state index contributed by atoms with van der Waals surface area (Å²) in [5.74, 6) is 0. The highest BCUT2D eigenvalue weighted by atomic mass is 14.8. The predicted octanol–water partition coefficient (Wildman–Crippen LogP) is 3.78. The van der Waals surface area contributed by atoms with E-state index < -0.39 is 0 Å². The van der Waals surface area contributed by atoms with Crippen LogP contribution in [0.15, 0.2) is 42.7 Å². The Bertz CT molecular complexity index is 828. The molecule has 2 heterocycles. The van der Waals surface area contributed by atoms with Gasteiger partial charge in [-0.1, -0.05) is 31.2 Å². The van der Waals surface area contributed by atoms with Crippen LogP contribution in [0.1, 0.15) is 30.9 Å². The summed E-state index contributed by atoms with van der Waals surface area (Å²) in [6, 6.07) is 11.1. The van der Waals surface area contributed by atoms with Gasteiger partial charge in [0.25, 0.3) is 0 Å². The Kier molecular flexibility index (Phi) is 3.05. The maximum absolute atomic E-state index is 5.97. The van der Waals surface area contributed by atoms with Gasteiger partial charge in [-0.15, -0.1) is 0 Å². The van der Waals surface area contributed by atoms with E-state index in [2.05, 4.69) is 53.4 Å². The third-order valence-corrected chi connectivity index (χ3v) is 5.05. The summed E-state index contributed by atoms with van der Waals surface area (Å²) in [5.41, 5.74) is 12.3. The van der Waals surface area contributed by atoms with Crippen molar-refractivity contribution in [2.24, 2.45) is 5.73 Å². The van der Waals surface area contributed by atoms with E-state index in [0.717, 1.165) is 18.6 Å². The Morgan fingerprint density at radius 3 is 2.82 bits per heavy atom. The predicted molar refractivity (Wildman–Crippen MR) is 90.9 cm³/mol. The first-order valence-electron chi connectivity index (χ1n) is 8.03. The molecule has 3 nitrogen and oxygen atoms in total. The number of nitrogens with one attached hydrogen (secondary N) is 1. The van der Waals surface area contributed by atoms with E-state index in [0.29, 0.717) is 0 Å². The lowest BCUT2D eigenvalue weighted by Crippen LogP contribution is -2.19. The van der Waals surface area contributed by atoms with Gasteiger partial charge in [0.1, 0.15) is 5.65 Å². The van der Waals surface area contributed by atoms with E-state index in [1.54, 1.807) is 0 Å². The Morgan fingerprint density at radius 1 is 1.23 bits per heavy atom. The molecule has 1 fully saturated rings. The Hall–Kier alpha value is -2.13. The third-order valence-electron chi connectivity index (χ3n) is 5.05. The molecule has 0 atom stereocenters. The second-order valence-electron chi connectivity index (χ2n) is 6.35. The highest BCUT2D eigenvalue weighted by molar-refractivity contribution is 5.84. The zero-order valence-electron chi connectivity index (χ0n) is 12.9. The van der Waals surface area contributed by atoms with Gasteiger partial charge in [-0.3, -0.25) is 0 Å². The summed E-state index contributed by atoms with van der Waals surface area (Å²) in [4.78, 5) is 7.82. The van der Waals surface area contributed by atoms with Gasteiger partial charge in [0.15, 0.2) is 0 Å². The van der Waals surface area contributed by atoms with Gasteiger partial charge in [-0.2, -0.15) is 0 Å². The summed E-state index contributed by atoms with van der Waals surface area (Å²) in [6.45, 7) is 2.92. The molecule has 1 saturated carbocycles. The number of aryl methyl sites for hydroxylation is 1. The number of hydrogen-bond acceptors (Lipinski definition) is 2. The van der Waals surface area contributed by atoms with E-state index >= 15 is 0 Å². The lowest BCUT2D eigenvalue weighted by molar-refractivity contribution is 0.705. The van der Waals surface area contributed by atoms with Crippen LogP contribution in [-0.4, -0.2) is 16.5 Å². The van der Waals surface area contributed by atoms with Crippen molar-refractivity contribution < 1.29 is 0 Å². The molecule has 112 valence electrons. The van der Waals surface area contributed by atoms with Crippen molar-refractivity contribution in [3.05, 3.63) is 53.9 Å². The first-order chi connectivity index (χ1) is 10.8. The fourth-order valence-corrected chi connectivity index (χ4v) is 3.30. The minimum atomic E-state index is 0.232. The van der Waals surface area contributed by atoms with Crippen LogP contribution in [-0.2, 0) is 11.8 Å². The maximum Gasteiger partial charge on any atom is 0.137 e. The summed E-state index contributed by atoms with van der Waals surface area (Å²) in [7, 11) is 0. The minimum Gasteiger partial charge on any atom is -0.346 e. The molecule has 22 heavy (non-hydrogen) atoms. The number of fused-ring (bicyclic) bond motifs is 1. The topological polar surface area (TPSA) is 54.7 Å². The van der Waals surface area contributed by atoms with Gasteiger partial charge in [0.2, 0.25) is 0 Å². The maximum atomic E-state index is 5.97. The number of H-pyrrole nitrogens is 1. The summed E-state index contributed by atoms with van der Waals surface area (Å²) in [5, 5.41) is 1.23. The molecule has 1 aliphatic rings. The van der Waals surface area contributed by atoms with E-state index in [9.17, 15) is 0 Å². The molecule has 2 aromatic heterocycles. The second-order valence-corrected chi connectivity index (χ2v) is 6.35. The molecule has 0 spiro atoms. The van der Waals surface area contributed by atoms with Gasteiger partial charge in [-0.05, 0) is 42.0 Å². The number of pyridine rings is 1. The zero-order valence-corrected chi connectivity index (χ0v) is 12.9. The lowest BCUT2D eigenvalue weighted by Gasteiger charge is -2.14.